The molecule has 0 aliphatic carbocycles. The summed E-state index contributed by atoms with van der Waals surface area (Å²) in [6.45, 7) is -0.118. The maximum Gasteiger partial charge on any atom is 0.256 e. The predicted molar refractivity (Wildman–Crippen MR) is 77.0 cm³/mol. The Bertz CT molecular complexity index is 776. The molecule has 0 spiro atoms. The Morgan fingerprint density at radius 2 is 2.19 bits per heavy atom. The average Bonchev–Trinajstić information content (AvgIpc) is 2.98. The zero-order chi connectivity index (χ0) is 15.3. The van der Waals surface area contributed by atoms with Crippen molar-refractivity contribution >= 4 is 21.7 Å². The molecule has 1 heterocycles. The fourth-order valence-electron chi connectivity index (χ4n) is 1.54. The molecule has 0 atom stereocenters. The highest BCUT2D eigenvalue weighted by Crippen LogP contribution is 2.12. The van der Waals surface area contributed by atoms with Gasteiger partial charge in [-0.15, -0.1) is 6.42 Å². The molecule has 0 saturated heterocycles. The number of aromatic amines is 1. The van der Waals surface area contributed by atoms with Crippen LogP contribution in [-0.2, 0) is 10.0 Å². The number of rotatable bonds is 5. The summed E-state index contributed by atoms with van der Waals surface area (Å²) in [5.41, 5.74) is 0.202. The molecule has 0 radical (unpaired) electrons. The number of amides is 1. The maximum atomic E-state index is 12.0. The second kappa shape index (κ2) is 6.21. The Hall–Kier alpha value is -2.63. The van der Waals surface area contributed by atoms with Crippen LogP contribution in [0.4, 0.5) is 5.82 Å². The number of hydrogen-bond donors (Lipinski definition) is 3. The molecule has 3 N–H and O–H groups in total. The molecule has 1 aromatic heterocycles. The summed E-state index contributed by atoms with van der Waals surface area (Å²) in [5.74, 6) is 2.14. The number of nitrogens with one attached hydrogen (secondary N) is 3. The van der Waals surface area contributed by atoms with Crippen molar-refractivity contribution in [2.24, 2.45) is 0 Å². The van der Waals surface area contributed by atoms with Gasteiger partial charge in [0.05, 0.1) is 17.6 Å². The van der Waals surface area contributed by atoms with Crippen molar-refractivity contribution in [3.05, 3.63) is 42.1 Å². The van der Waals surface area contributed by atoms with Crippen LogP contribution in [0.1, 0.15) is 10.4 Å². The lowest BCUT2D eigenvalue weighted by Crippen LogP contribution is -2.24. The molecule has 1 amide bonds. The predicted octanol–water partition coefficient (Wildman–Crippen LogP) is 0.573. The second-order valence-electron chi connectivity index (χ2n) is 3.98. The van der Waals surface area contributed by atoms with Crippen molar-refractivity contribution in [1.29, 1.82) is 0 Å². The Kier molecular flexibility index (Phi) is 4.37. The fraction of sp³-hybridized carbons (Fsp3) is 0.0769. The largest absolute Gasteiger partial charge is 0.307 e. The summed E-state index contributed by atoms with van der Waals surface area (Å²) >= 11 is 0. The molecule has 21 heavy (non-hydrogen) atoms. The van der Waals surface area contributed by atoms with Crippen LogP contribution in [0.15, 0.2) is 41.4 Å². The summed E-state index contributed by atoms with van der Waals surface area (Å²) in [6, 6.07) is 7.21. The van der Waals surface area contributed by atoms with Crippen molar-refractivity contribution in [2.75, 3.05) is 11.9 Å². The molecule has 2 aromatic rings. The summed E-state index contributed by atoms with van der Waals surface area (Å²) in [6.07, 6.45) is 6.50. The zero-order valence-corrected chi connectivity index (χ0v) is 11.6. The first-order valence-corrected chi connectivity index (χ1v) is 7.35. The normalized spacial score (nSPS) is 10.8. The van der Waals surface area contributed by atoms with Gasteiger partial charge in [0, 0.05) is 11.6 Å². The summed E-state index contributed by atoms with van der Waals surface area (Å²) < 4.78 is 26.1. The lowest BCUT2D eigenvalue weighted by Gasteiger charge is -2.06. The van der Waals surface area contributed by atoms with Gasteiger partial charge < -0.3 is 5.32 Å². The van der Waals surface area contributed by atoms with Crippen LogP contribution in [0.3, 0.4) is 0 Å². The molecule has 2 rings (SSSR count). The number of benzene rings is 1. The van der Waals surface area contributed by atoms with E-state index in [1.807, 2.05) is 0 Å². The van der Waals surface area contributed by atoms with Crippen LogP contribution in [0.5, 0.6) is 0 Å². The van der Waals surface area contributed by atoms with Gasteiger partial charge >= 0.3 is 0 Å². The lowest BCUT2D eigenvalue weighted by atomic mass is 10.2. The molecule has 0 unspecified atom stereocenters. The van der Waals surface area contributed by atoms with Crippen LogP contribution in [0.2, 0.25) is 0 Å². The number of H-pyrrole nitrogens is 1. The van der Waals surface area contributed by atoms with Crippen molar-refractivity contribution in [2.45, 2.75) is 4.90 Å². The smallest absolute Gasteiger partial charge is 0.256 e. The number of anilines is 1. The fourth-order valence-corrected chi connectivity index (χ4v) is 2.52. The molecular weight excluding hydrogens is 292 g/mol. The van der Waals surface area contributed by atoms with Crippen molar-refractivity contribution in [3.63, 3.8) is 0 Å². The van der Waals surface area contributed by atoms with E-state index in [4.69, 9.17) is 6.42 Å². The van der Waals surface area contributed by atoms with E-state index in [0.29, 0.717) is 5.82 Å². The Morgan fingerprint density at radius 3 is 2.86 bits per heavy atom. The van der Waals surface area contributed by atoms with Crippen molar-refractivity contribution < 1.29 is 13.2 Å². The Balaban J connectivity index is 2.21. The highest BCUT2D eigenvalue weighted by molar-refractivity contribution is 7.89. The number of nitrogens with zero attached hydrogens (tertiary/aromatic N) is 1. The second-order valence-corrected chi connectivity index (χ2v) is 5.75. The van der Waals surface area contributed by atoms with E-state index in [2.05, 4.69) is 26.2 Å². The first-order chi connectivity index (χ1) is 10.0. The Morgan fingerprint density at radius 1 is 1.38 bits per heavy atom. The minimum atomic E-state index is -3.73. The molecule has 0 aliphatic heterocycles. The van der Waals surface area contributed by atoms with Crippen LogP contribution >= 0.6 is 0 Å². The van der Waals surface area contributed by atoms with Gasteiger partial charge in [0.15, 0.2) is 0 Å². The summed E-state index contributed by atoms with van der Waals surface area (Å²) in [4.78, 5) is 12.0. The van der Waals surface area contributed by atoms with Gasteiger partial charge in [-0.1, -0.05) is 12.0 Å². The van der Waals surface area contributed by atoms with Gasteiger partial charge in [-0.2, -0.15) is 9.82 Å². The number of carbonyl (C=O) groups is 1. The van der Waals surface area contributed by atoms with E-state index < -0.39 is 15.9 Å². The van der Waals surface area contributed by atoms with E-state index in [0.717, 1.165) is 0 Å². The van der Waals surface area contributed by atoms with Crippen molar-refractivity contribution in [3.8, 4) is 12.3 Å². The minimum Gasteiger partial charge on any atom is -0.307 e. The SMILES string of the molecule is C#CCNS(=O)(=O)c1cccc(C(=O)Nc2ccn[nH]2)c1. The minimum absolute atomic E-state index is 0.0324. The van der Waals surface area contributed by atoms with Gasteiger partial charge in [0.25, 0.3) is 5.91 Å². The molecule has 7 nitrogen and oxygen atoms in total. The molecule has 0 aliphatic rings. The third-order valence-electron chi connectivity index (χ3n) is 2.52. The lowest BCUT2D eigenvalue weighted by molar-refractivity contribution is 0.102. The van der Waals surface area contributed by atoms with Crippen LogP contribution < -0.4 is 10.0 Å². The highest BCUT2D eigenvalue weighted by Gasteiger charge is 2.15. The maximum absolute atomic E-state index is 12.0. The number of hydrogen-bond acceptors (Lipinski definition) is 4. The van der Waals surface area contributed by atoms with Gasteiger partial charge in [-0.25, -0.2) is 8.42 Å². The van der Waals surface area contributed by atoms with E-state index in [9.17, 15) is 13.2 Å². The first-order valence-electron chi connectivity index (χ1n) is 5.87. The van der Waals surface area contributed by atoms with E-state index >= 15 is 0 Å². The molecule has 8 heteroatoms. The number of carbonyl (C=O) groups excluding carboxylic acids is 1. The third kappa shape index (κ3) is 3.68. The number of terminal acetylenes is 1. The quantitative estimate of drug-likeness (QED) is 0.703. The standard InChI is InChI=1S/C13H12N4O3S/c1-2-7-15-21(19,20)11-5-3-4-10(9-11)13(18)16-12-6-8-14-17-12/h1,3-6,8-9,15H,7H2,(H2,14,16,17,18). The topological polar surface area (TPSA) is 104 Å². The van der Waals surface area contributed by atoms with Crippen LogP contribution in [-0.4, -0.2) is 31.1 Å². The van der Waals surface area contributed by atoms with Crippen LogP contribution in [0.25, 0.3) is 0 Å². The molecule has 0 fully saturated rings. The molecule has 0 saturated carbocycles. The number of sulfonamides is 1. The van der Waals surface area contributed by atoms with Crippen molar-refractivity contribution in [1.82, 2.24) is 14.9 Å². The van der Waals surface area contributed by atoms with Gasteiger partial charge in [0.2, 0.25) is 10.0 Å². The van der Waals surface area contributed by atoms with Gasteiger partial charge in [-0.3, -0.25) is 9.89 Å². The molecular formula is C13H12N4O3S. The summed E-state index contributed by atoms with van der Waals surface area (Å²) in [7, 11) is -3.73. The molecule has 1 aromatic carbocycles. The Labute approximate surface area is 121 Å². The molecule has 108 valence electrons. The first kappa shape index (κ1) is 14.8. The van der Waals surface area contributed by atoms with E-state index in [-0.39, 0.29) is 17.0 Å². The molecule has 0 bridgehead atoms. The monoisotopic (exact) mass is 304 g/mol. The summed E-state index contributed by atoms with van der Waals surface area (Å²) in [5, 5.41) is 8.83. The van der Waals surface area contributed by atoms with E-state index in [1.54, 1.807) is 6.07 Å². The van der Waals surface area contributed by atoms with Crippen LogP contribution in [0, 0.1) is 12.3 Å². The van der Waals surface area contributed by atoms with Gasteiger partial charge in [0.1, 0.15) is 5.82 Å². The van der Waals surface area contributed by atoms with E-state index in [1.165, 1.54) is 30.5 Å². The average molecular weight is 304 g/mol. The third-order valence-corrected chi connectivity index (χ3v) is 3.92. The zero-order valence-electron chi connectivity index (χ0n) is 10.8. The highest BCUT2D eigenvalue weighted by atomic mass is 32.2. The number of aromatic nitrogens is 2. The van der Waals surface area contributed by atoms with Gasteiger partial charge in [-0.05, 0) is 18.2 Å².